The summed E-state index contributed by atoms with van der Waals surface area (Å²) in [5.74, 6) is 0.329. The van der Waals surface area contributed by atoms with Crippen molar-refractivity contribution in [2.75, 3.05) is 46.7 Å². The standard InChI is InChI=1S/C27H35N2O5P/c1-31-18-21(19-34-35(2)33-17-9-15-28)10-7-8-16-29-27(30)32-20-26-24-13-5-3-11-22(24)23-12-4-6-14-25(23)26/h3-6,11-14,21,26H,7-10,16-20H2,1-2H3,(H,29,30). The molecular formula is C27H35N2O5P. The van der Waals surface area contributed by atoms with Gasteiger partial charge >= 0.3 is 6.09 Å². The van der Waals surface area contributed by atoms with Gasteiger partial charge in [-0.25, -0.2) is 4.79 Å². The Morgan fingerprint density at radius 1 is 1.06 bits per heavy atom. The second-order valence-electron chi connectivity index (χ2n) is 8.55. The number of hydrogen-bond acceptors (Lipinski definition) is 6. The fraction of sp³-hybridized carbons (Fsp3) is 0.481. The van der Waals surface area contributed by atoms with Crippen LogP contribution in [0, 0.1) is 17.2 Å². The number of nitriles is 1. The molecule has 2 atom stereocenters. The highest BCUT2D eigenvalue weighted by molar-refractivity contribution is 7.46. The normalized spacial score (nSPS) is 14.0. The second kappa shape index (κ2) is 14.8. The first kappa shape index (κ1) is 27.1. The van der Waals surface area contributed by atoms with Gasteiger partial charge in [-0.2, -0.15) is 5.26 Å². The molecule has 3 rings (SSSR count). The van der Waals surface area contributed by atoms with Crippen LogP contribution in [0.4, 0.5) is 4.79 Å². The lowest BCUT2D eigenvalue weighted by Crippen LogP contribution is -2.27. The fourth-order valence-corrected chi connectivity index (χ4v) is 5.16. The van der Waals surface area contributed by atoms with Crippen LogP contribution in [0.3, 0.4) is 0 Å². The number of unbranched alkanes of at least 4 members (excludes halogenated alkanes) is 1. The first-order valence-corrected chi connectivity index (χ1v) is 13.7. The maximum Gasteiger partial charge on any atom is 0.407 e. The van der Waals surface area contributed by atoms with Gasteiger partial charge in [-0.1, -0.05) is 55.0 Å². The fourth-order valence-electron chi connectivity index (χ4n) is 4.32. The highest BCUT2D eigenvalue weighted by Gasteiger charge is 2.28. The number of alkyl carbamates (subject to hydrolysis) is 1. The monoisotopic (exact) mass is 498 g/mol. The van der Waals surface area contributed by atoms with E-state index >= 15 is 0 Å². The number of nitrogens with zero attached hydrogens (tertiary/aromatic N) is 1. The van der Waals surface area contributed by atoms with Crippen molar-refractivity contribution in [2.24, 2.45) is 5.92 Å². The van der Waals surface area contributed by atoms with Crippen LogP contribution in [0.1, 0.15) is 42.7 Å². The van der Waals surface area contributed by atoms with E-state index in [1.807, 2.05) is 30.9 Å². The molecule has 2 aromatic carbocycles. The molecule has 0 aliphatic heterocycles. The molecule has 2 unspecified atom stereocenters. The highest BCUT2D eigenvalue weighted by Crippen LogP contribution is 2.44. The molecule has 1 N–H and O–H groups in total. The minimum atomic E-state index is -0.987. The van der Waals surface area contributed by atoms with Gasteiger partial charge in [0.05, 0.1) is 32.3 Å². The topological polar surface area (TPSA) is 89.8 Å². The summed E-state index contributed by atoms with van der Waals surface area (Å²) in [6.45, 7) is 4.35. The summed E-state index contributed by atoms with van der Waals surface area (Å²) in [7, 11) is 0.698. The van der Waals surface area contributed by atoms with Crippen LogP contribution in [0.25, 0.3) is 11.1 Å². The number of fused-ring (bicyclic) bond motifs is 3. The van der Waals surface area contributed by atoms with Crippen molar-refractivity contribution in [3.05, 3.63) is 59.7 Å². The molecule has 0 radical (unpaired) electrons. The molecule has 8 heteroatoms. The van der Waals surface area contributed by atoms with E-state index < -0.39 is 8.38 Å². The first-order chi connectivity index (χ1) is 17.1. The van der Waals surface area contributed by atoms with Crippen molar-refractivity contribution < 1.29 is 23.3 Å². The maximum atomic E-state index is 12.3. The smallest absolute Gasteiger partial charge is 0.407 e. The van der Waals surface area contributed by atoms with Crippen LogP contribution in [-0.4, -0.2) is 52.8 Å². The van der Waals surface area contributed by atoms with Gasteiger partial charge in [0.15, 0.2) is 8.38 Å². The number of amides is 1. The Labute approximate surface area is 209 Å². The Balaban J connectivity index is 1.34. The number of benzene rings is 2. The first-order valence-electron chi connectivity index (χ1n) is 12.1. The lowest BCUT2D eigenvalue weighted by atomic mass is 9.98. The van der Waals surface area contributed by atoms with Crippen molar-refractivity contribution >= 4 is 14.5 Å². The van der Waals surface area contributed by atoms with E-state index in [-0.39, 0.29) is 17.9 Å². The van der Waals surface area contributed by atoms with Crippen LogP contribution >= 0.6 is 8.38 Å². The van der Waals surface area contributed by atoms with Gasteiger partial charge in [0.25, 0.3) is 0 Å². The Kier molecular flexibility index (Phi) is 11.5. The Bertz CT molecular complexity index is 935. The number of hydrogen-bond donors (Lipinski definition) is 1. The minimum absolute atomic E-state index is 0.0656. The summed E-state index contributed by atoms with van der Waals surface area (Å²) in [5, 5.41) is 11.5. The van der Waals surface area contributed by atoms with Crippen molar-refractivity contribution in [3.8, 4) is 17.2 Å². The predicted molar refractivity (Wildman–Crippen MR) is 137 cm³/mol. The van der Waals surface area contributed by atoms with Gasteiger partial charge < -0.3 is 23.8 Å². The average Bonchev–Trinajstić information content (AvgIpc) is 3.19. The number of methoxy groups -OCH3 is 1. The molecule has 0 bridgehead atoms. The van der Waals surface area contributed by atoms with Gasteiger partial charge in [-0.05, 0) is 35.1 Å². The van der Waals surface area contributed by atoms with E-state index in [9.17, 15) is 4.79 Å². The molecule has 1 aliphatic rings. The SMILES string of the molecule is COCC(CCCCNC(=O)OCC1c2ccccc2-c2ccccc21)COP(C)OCCC#N. The quantitative estimate of drug-likeness (QED) is 0.245. The molecule has 7 nitrogen and oxygen atoms in total. The Morgan fingerprint density at radius 2 is 1.74 bits per heavy atom. The zero-order chi connectivity index (χ0) is 24.9. The molecule has 2 aromatic rings. The summed E-state index contributed by atoms with van der Waals surface area (Å²) in [4.78, 5) is 12.3. The van der Waals surface area contributed by atoms with Gasteiger partial charge in [0.1, 0.15) is 6.61 Å². The van der Waals surface area contributed by atoms with Crippen LogP contribution in [-0.2, 0) is 18.5 Å². The molecule has 35 heavy (non-hydrogen) atoms. The molecule has 0 heterocycles. The van der Waals surface area contributed by atoms with Gasteiger partial charge in [-0.15, -0.1) is 0 Å². The largest absolute Gasteiger partial charge is 0.449 e. The van der Waals surface area contributed by atoms with Crippen molar-refractivity contribution in [1.82, 2.24) is 5.32 Å². The number of rotatable bonds is 15. The van der Waals surface area contributed by atoms with Gasteiger partial charge in [0, 0.05) is 32.2 Å². The lowest BCUT2D eigenvalue weighted by molar-refractivity contribution is 0.109. The molecule has 0 spiro atoms. The molecule has 0 fully saturated rings. The number of carbonyl (C=O) groups is 1. The summed E-state index contributed by atoms with van der Waals surface area (Å²) < 4.78 is 22.2. The van der Waals surface area contributed by atoms with Gasteiger partial charge in [0.2, 0.25) is 0 Å². The summed E-state index contributed by atoms with van der Waals surface area (Å²) >= 11 is 0. The number of ether oxygens (including phenoxy) is 2. The summed E-state index contributed by atoms with van der Waals surface area (Å²) in [5.41, 5.74) is 4.85. The second-order valence-corrected chi connectivity index (χ2v) is 9.94. The van der Waals surface area contributed by atoms with E-state index in [1.165, 1.54) is 22.3 Å². The molecule has 0 saturated heterocycles. The lowest BCUT2D eigenvalue weighted by Gasteiger charge is -2.19. The van der Waals surface area contributed by atoms with Crippen molar-refractivity contribution in [3.63, 3.8) is 0 Å². The van der Waals surface area contributed by atoms with Crippen LogP contribution in [0.5, 0.6) is 0 Å². The van der Waals surface area contributed by atoms with Crippen LogP contribution in [0.2, 0.25) is 0 Å². The van der Waals surface area contributed by atoms with Gasteiger partial charge in [-0.3, -0.25) is 0 Å². The molecular weight excluding hydrogens is 463 g/mol. The van der Waals surface area contributed by atoms with Crippen LogP contribution in [0.15, 0.2) is 48.5 Å². The number of carbonyl (C=O) groups excluding carboxylic acids is 1. The predicted octanol–water partition coefficient (Wildman–Crippen LogP) is 5.85. The highest BCUT2D eigenvalue weighted by atomic mass is 31.2. The molecule has 0 aromatic heterocycles. The zero-order valence-corrected chi connectivity index (χ0v) is 21.5. The molecule has 1 amide bonds. The molecule has 0 saturated carbocycles. The van der Waals surface area contributed by atoms with Crippen molar-refractivity contribution in [2.45, 2.75) is 31.6 Å². The third-order valence-corrected chi connectivity index (χ3v) is 7.09. The van der Waals surface area contributed by atoms with E-state index in [2.05, 4.69) is 35.7 Å². The third kappa shape index (κ3) is 8.30. The molecule has 188 valence electrons. The van der Waals surface area contributed by atoms with E-state index in [4.69, 9.17) is 23.8 Å². The third-order valence-electron chi connectivity index (χ3n) is 6.03. The average molecular weight is 499 g/mol. The summed E-state index contributed by atoms with van der Waals surface area (Å²) in [6.07, 6.45) is 2.72. The number of nitrogens with one attached hydrogen (secondary N) is 1. The van der Waals surface area contributed by atoms with E-state index in [0.717, 1.165) is 19.3 Å². The Morgan fingerprint density at radius 3 is 2.40 bits per heavy atom. The molecule has 1 aliphatic carbocycles. The van der Waals surface area contributed by atoms with Crippen molar-refractivity contribution in [1.29, 1.82) is 5.26 Å². The maximum absolute atomic E-state index is 12.3. The zero-order valence-electron chi connectivity index (χ0n) is 20.6. The van der Waals surface area contributed by atoms with Crippen LogP contribution < -0.4 is 5.32 Å². The van der Waals surface area contributed by atoms with E-state index in [0.29, 0.717) is 39.4 Å². The Hall–Kier alpha value is -2.49. The van der Waals surface area contributed by atoms with E-state index in [1.54, 1.807) is 7.11 Å². The summed E-state index contributed by atoms with van der Waals surface area (Å²) in [6, 6.07) is 18.7. The minimum Gasteiger partial charge on any atom is -0.449 e.